The number of hydrogen-bond donors (Lipinski definition) is 1. The average Bonchev–Trinajstić information content (AvgIpc) is 3.07. The number of carbonyl (C=O) groups is 2. The number of carboxylic acids is 1. The van der Waals surface area contributed by atoms with Gasteiger partial charge in [0.1, 0.15) is 17.3 Å². The zero-order chi connectivity index (χ0) is 23.0. The minimum absolute atomic E-state index is 0.102. The third-order valence-electron chi connectivity index (χ3n) is 5.15. The molecule has 166 valence electrons. The van der Waals surface area contributed by atoms with E-state index in [1.165, 1.54) is 12.1 Å². The summed E-state index contributed by atoms with van der Waals surface area (Å²) in [7, 11) is 0. The SMILES string of the molecule is CCOc1c2c(c(OC(F)F)c3ccccc13)C(=O)N(c1ccc(CC(=O)O)cc1F)C2. The van der Waals surface area contributed by atoms with E-state index in [1.807, 2.05) is 0 Å². The number of nitrogens with zero attached hydrogens (tertiary/aromatic N) is 1. The predicted octanol–water partition coefficient (Wildman–Crippen LogP) is 4.77. The first kappa shape index (κ1) is 21.5. The normalized spacial score (nSPS) is 13.0. The van der Waals surface area contributed by atoms with Crippen molar-refractivity contribution in [3.63, 3.8) is 0 Å². The number of amides is 1. The van der Waals surface area contributed by atoms with Crippen molar-refractivity contribution >= 4 is 28.3 Å². The molecule has 3 aromatic rings. The summed E-state index contributed by atoms with van der Waals surface area (Å²) in [5.74, 6) is -2.58. The Morgan fingerprint density at radius 3 is 2.44 bits per heavy atom. The van der Waals surface area contributed by atoms with Crippen LogP contribution in [0.3, 0.4) is 0 Å². The highest BCUT2D eigenvalue weighted by Crippen LogP contribution is 2.46. The van der Waals surface area contributed by atoms with Crippen molar-refractivity contribution in [2.45, 2.75) is 26.5 Å². The first-order valence-electron chi connectivity index (χ1n) is 9.79. The minimum Gasteiger partial charge on any atom is -0.493 e. The molecule has 0 aromatic heterocycles. The standard InChI is InChI=1S/C23H18F3NO5/c1-2-31-20-13-5-3-4-6-14(13)21(32-23(25)26)19-15(20)11-27(22(19)30)17-8-7-12(9-16(17)24)10-18(28)29/h3-9,23H,2,10-11H2,1H3,(H,28,29). The molecule has 0 saturated heterocycles. The summed E-state index contributed by atoms with van der Waals surface area (Å²) in [6.07, 6.45) is -0.377. The van der Waals surface area contributed by atoms with Crippen molar-refractivity contribution < 1.29 is 37.3 Å². The number of fused-ring (bicyclic) bond motifs is 2. The molecule has 3 aromatic carbocycles. The third kappa shape index (κ3) is 3.70. The van der Waals surface area contributed by atoms with Gasteiger partial charge in [-0.15, -0.1) is 0 Å². The highest BCUT2D eigenvalue weighted by Gasteiger charge is 2.38. The van der Waals surface area contributed by atoms with Crippen LogP contribution >= 0.6 is 0 Å². The molecule has 1 aliphatic heterocycles. The summed E-state index contributed by atoms with van der Waals surface area (Å²) in [4.78, 5) is 25.3. The monoisotopic (exact) mass is 445 g/mol. The van der Waals surface area contributed by atoms with Gasteiger partial charge in [0.15, 0.2) is 0 Å². The van der Waals surface area contributed by atoms with Crippen LogP contribution in [0.2, 0.25) is 0 Å². The Kier molecular flexibility index (Phi) is 5.65. The first-order chi connectivity index (χ1) is 15.3. The number of carbonyl (C=O) groups excluding carboxylic acids is 1. The number of halogens is 3. The van der Waals surface area contributed by atoms with E-state index in [-0.39, 0.29) is 47.5 Å². The number of hydrogen-bond acceptors (Lipinski definition) is 4. The van der Waals surface area contributed by atoms with E-state index in [4.69, 9.17) is 14.6 Å². The number of carboxylic acid groups (broad SMARTS) is 1. The fraction of sp³-hybridized carbons (Fsp3) is 0.217. The minimum atomic E-state index is -3.17. The van der Waals surface area contributed by atoms with E-state index in [0.29, 0.717) is 16.7 Å². The number of anilines is 1. The molecule has 0 aliphatic carbocycles. The second-order valence-corrected chi connectivity index (χ2v) is 7.12. The van der Waals surface area contributed by atoms with Crippen molar-refractivity contribution in [2.24, 2.45) is 0 Å². The lowest BCUT2D eigenvalue weighted by Gasteiger charge is -2.17. The van der Waals surface area contributed by atoms with E-state index >= 15 is 0 Å². The summed E-state index contributed by atoms with van der Waals surface area (Å²) in [6.45, 7) is -1.28. The van der Waals surface area contributed by atoms with Gasteiger partial charge in [-0.25, -0.2) is 4.39 Å². The van der Waals surface area contributed by atoms with Gasteiger partial charge < -0.3 is 19.5 Å². The first-order valence-corrected chi connectivity index (χ1v) is 9.79. The van der Waals surface area contributed by atoms with Crippen LogP contribution in [-0.2, 0) is 17.8 Å². The lowest BCUT2D eigenvalue weighted by Crippen LogP contribution is -2.24. The Morgan fingerprint density at radius 1 is 1.16 bits per heavy atom. The summed E-state index contributed by atoms with van der Waals surface area (Å²) in [5, 5.41) is 9.68. The molecular weight excluding hydrogens is 427 g/mol. The number of rotatable bonds is 7. The van der Waals surface area contributed by atoms with Crippen LogP contribution in [-0.4, -0.2) is 30.2 Å². The van der Waals surface area contributed by atoms with E-state index in [1.54, 1.807) is 31.2 Å². The molecule has 9 heteroatoms. The van der Waals surface area contributed by atoms with Crippen LogP contribution in [0.5, 0.6) is 11.5 Å². The highest BCUT2D eigenvalue weighted by molar-refractivity contribution is 6.17. The van der Waals surface area contributed by atoms with Gasteiger partial charge in [0, 0.05) is 16.3 Å². The van der Waals surface area contributed by atoms with Crippen molar-refractivity contribution in [1.82, 2.24) is 0 Å². The maximum Gasteiger partial charge on any atom is 0.387 e. The maximum atomic E-state index is 14.8. The largest absolute Gasteiger partial charge is 0.493 e. The average molecular weight is 445 g/mol. The fourth-order valence-corrected chi connectivity index (χ4v) is 3.94. The van der Waals surface area contributed by atoms with Crippen molar-refractivity contribution in [3.8, 4) is 11.5 Å². The summed E-state index contributed by atoms with van der Waals surface area (Å²) in [5.41, 5.74) is 0.335. The number of ether oxygens (including phenoxy) is 2. The zero-order valence-electron chi connectivity index (χ0n) is 16.9. The van der Waals surface area contributed by atoms with Crippen molar-refractivity contribution in [2.75, 3.05) is 11.5 Å². The molecule has 1 amide bonds. The van der Waals surface area contributed by atoms with Gasteiger partial charge in [-0.2, -0.15) is 8.78 Å². The smallest absolute Gasteiger partial charge is 0.387 e. The summed E-state index contributed by atoms with van der Waals surface area (Å²) in [6, 6.07) is 10.3. The van der Waals surface area contributed by atoms with Crippen LogP contribution in [0.4, 0.5) is 18.9 Å². The molecule has 4 rings (SSSR count). The molecule has 6 nitrogen and oxygen atoms in total. The Labute approximate surface area is 180 Å². The van der Waals surface area contributed by atoms with Crippen LogP contribution in [0, 0.1) is 5.82 Å². The molecule has 0 atom stereocenters. The Hall–Kier alpha value is -3.75. The zero-order valence-corrected chi connectivity index (χ0v) is 16.9. The molecule has 0 saturated carbocycles. The molecule has 0 unspecified atom stereocenters. The third-order valence-corrected chi connectivity index (χ3v) is 5.15. The Balaban J connectivity index is 1.88. The molecule has 0 bridgehead atoms. The predicted molar refractivity (Wildman–Crippen MR) is 110 cm³/mol. The number of benzene rings is 3. The van der Waals surface area contributed by atoms with Gasteiger partial charge >= 0.3 is 12.6 Å². The van der Waals surface area contributed by atoms with E-state index < -0.39 is 24.3 Å². The van der Waals surface area contributed by atoms with Gasteiger partial charge in [-0.05, 0) is 24.6 Å². The second-order valence-electron chi connectivity index (χ2n) is 7.12. The Bertz CT molecular complexity index is 1230. The fourth-order valence-electron chi connectivity index (χ4n) is 3.94. The summed E-state index contributed by atoms with van der Waals surface area (Å²) >= 11 is 0. The van der Waals surface area contributed by atoms with Gasteiger partial charge in [-0.1, -0.05) is 30.3 Å². The highest BCUT2D eigenvalue weighted by atomic mass is 19.3. The topological polar surface area (TPSA) is 76.1 Å². The van der Waals surface area contributed by atoms with E-state index in [0.717, 1.165) is 11.0 Å². The van der Waals surface area contributed by atoms with Gasteiger partial charge in [0.2, 0.25) is 0 Å². The van der Waals surface area contributed by atoms with Crippen molar-refractivity contribution in [1.29, 1.82) is 0 Å². The molecule has 1 heterocycles. The van der Waals surface area contributed by atoms with Crippen LogP contribution in [0.1, 0.15) is 28.4 Å². The summed E-state index contributed by atoms with van der Waals surface area (Å²) < 4.78 is 51.8. The van der Waals surface area contributed by atoms with Gasteiger partial charge in [0.05, 0.1) is 30.8 Å². The molecule has 0 spiro atoms. The number of alkyl halides is 2. The molecular formula is C23H18F3NO5. The van der Waals surface area contributed by atoms with E-state index in [9.17, 15) is 22.8 Å². The molecule has 0 fully saturated rings. The Morgan fingerprint density at radius 2 is 1.84 bits per heavy atom. The van der Waals surface area contributed by atoms with E-state index in [2.05, 4.69) is 0 Å². The van der Waals surface area contributed by atoms with Crippen LogP contribution < -0.4 is 14.4 Å². The second kappa shape index (κ2) is 8.41. The van der Waals surface area contributed by atoms with Crippen LogP contribution in [0.15, 0.2) is 42.5 Å². The van der Waals surface area contributed by atoms with Crippen molar-refractivity contribution in [3.05, 3.63) is 65.0 Å². The number of aliphatic carboxylic acids is 1. The lowest BCUT2D eigenvalue weighted by molar-refractivity contribution is -0.136. The van der Waals surface area contributed by atoms with Gasteiger partial charge in [-0.3, -0.25) is 9.59 Å². The lowest BCUT2D eigenvalue weighted by atomic mass is 9.99. The maximum absolute atomic E-state index is 14.8. The van der Waals surface area contributed by atoms with Gasteiger partial charge in [0.25, 0.3) is 5.91 Å². The quantitative estimate of drug-likeness (QED) is 0.567. The molecule has 1 N–H and O–H groups in total. The molecule has 0 radical (unpaired) electrons. The molecule has 1 aliphatic rings. The van der Waals surface area contributed by atoms with Crippen LogP contribution in [0.25, 0.3) is 10.8 Å². The molecule has 32 heavy (non-hydrogen) atoms.